The van der Waals surface area contributed by atoms with E-state index in [2.05, 4.69) is 10.0 Å². The van der Waals surface area contributed by atoms with E-state index in [-0.39, 0.29) is 22.5 Å². The van der Waals surface area contributed by atoms with Crippen LogP contribution in [0.5, 0.6) is 0 Å². The fourth-order valence-electron chi connectivity index (χ4n) is 4.84. The quantitative estimate of drug-likeness (QED) is 0.742. The predicted octanol–water partition coefficient (Wildman–Crippen LogP) is 4.18. The Morgan fingerprint density at radius 1 is 1.10 bits per heavy atom. The molecule has 0 saturated heterocycles. The zero-order valence-electron chi connectivity index (χ0n) is 16.3. The Morgan fingerprint density at radius 2 is 1.86 bits per heavy atom. The molecule has 7 heteroatoms. The summed E-state index contributed by atoms with van der Waals surface area (Å²) in [6.45, 7) is 2.04. The Bertz CT molecular complexity index is 1010. The molecule has 5 nitrogen and oxygen atoms in total. The molecule has 2 aromatic carbocycles. The lowest BCUT2D eigenvalue weighted by atomic mass is 9.84. The number of carbonyl (C=O) groups is 1. The van der Waals surface area contributed by atoms with Crippen molar-refractivity contribution in [3.05, 3.63) is 59.9 Å². The van der Waals surface area contributed by atoms with E-state index in [1.54, 1.807) is 12.1 Å². The minimum Gasteiger partial charge on any atom is -0.349 e. The van der Waals surface area contributed by atoms with Crippen molar-refractivity contribution in [1.29, 1.82) is 0 Å². The van der Waals surface area contributed by atoms with Gasteiger partial charge in [0.25, 0.3) is 15.9 Å². The average Bonchev–Trinajstić information content (AvgIpc) is 3.33. The summed E-state index contributed by atoms with van der Waals surface area (Å²) in [5.74, 6) is 1.29. The predicted molar refractivity (Wildman–Crippen MR) is 110 cm³/mol. The molecule has 2 N–H and O–H groups in total. The van der Waals surface area contributed by atoms with E-state index in [1.807, 2.05) is 6.92 Å². The van der Waals surface area contributed by atoms with Gasteiger partial charge in [-0.2, -0.15) is 0 Å². The van der Waals surface area contributed by atoms with Crippen LogP contribution in [0.4, 0.5) is 10.1 Å². The number of hydrogen-bond acceptors (Lipinski definition) is 3. The summed E-state index contributed by atoms with van der Waals surface area (Å²) in [5.41, 5.74) is 0.563. The molecule has 0 aliphatic heterocycles. The molecule has 0 heterocycles. The second-order valence-electron chi connectivity index (χ2n) is 8.24. The highest BCUT2D eigenvalue weighted by Crippen LogP contribution is 2.49. The third-order valence-corrected chi connectivity index (χ3v) is 7.68. The second kappa shape index (κ2) is 7.78. The molecule has 2 saturated carbocycles. The molecule has 4 rings (SSSR count). The molecule has 2 aliphatic carbocycles. The van der Waals surface area contributed by atoms with Crippen LogP contribution in [0.3, 0.4) is 0 Å². The first-order valence-corrected chi connectivity index (χ1v) is 11.5. The van der Waals surface area contributed by atoms with Crippen molar-refractivity contribution < 1.29 is 17.6 Å². The Kier molecular flexibility index (Phi) is 5.34. The summed E-state index contributed by atoms with van der Waals surface area (Å²) in [7, 11) is -3.89. The minimum atomic E-state index is -3.89. The smallest absolute Gasteiger partial charge is 0.261 e. The molecular formula is C22H25FN2O3S. The maximum Gasteiger partial charge on any atom is 0.261 e. The first-order chi connectivity index (χ1) is 13.8. The monoisotopic (exact) mass is 416 g/mol. The van der Waals surface area contributed by atoms with Gasteiger partial charge >= 0.3 is 0 Å². The number of halogens is 1. The van der Waals surface area contributed by atoms with Gasteiger partial charge in [-0.15, -0.1) is 0 Å². The first kappa shape index (κ1) is 19.9. The highest BCUT2D eigenvalue weighted by atomic mass is 32.2. The zero-order valence-corrected chi connectivity index (χ0v) is 17.1. The zero-order chi connectivity index (χ0) is 20.6. The number of benzene rings is 2. The third kappa shape index (κ3) is 4.29. The lowest BCUT2D eigenvalue weighted by Gasteiger charge is -2.28. The maximum absolute atomic E-state index is 13.0. The summed E-state index contributed by atoms with van der Waals surface area (Å²) >= 11 is 0. The number of hydrogen-bond donors (Lipinski definition) is 2. The molecule has 0 aromatic heterocycles. The van der Waals surface area contributed by atoms with Crippen LogP contribution in [0.1, 0.15) is 43.0 Å². The van der Waals surface area contributed by atoms with Crippen molar-refractivity contribution in [3.8, 4) is 0 Å². The third-order valence-electron chi connectivity index (χ3n) is 6.30. The fraction of sp³-hybridized carbons (Fsp3) is 0.409. The molecule has 4 unspecified atom stereocenters. The maximum atomic E-state index is 13.0. The second-order valence-corrected chi connectivity index (χ2v) is 9.92. The molecule has 154 valence electrons. The SMILES string of the molecule is CC(NC(=O)c1cccc(S(=O)(=O)Nc2ccc(F)cc2)c1)C1CC2CCC1C2. The van der Waals surface area contributed by atoms with Gasteiger partial charge in [0, 0.05) is 17.3 Å². The van der Waals surface area contributed by atoms with E-state index in [4.69, 9.17) is 0 Å². The van der Waals surface area contributed by atoms with Crippen LogP contribution in [0.2, 0.25) is 0 Å². The van der Waals surface area contributed by atoms with E-state index in [0.29, 0.717) is 17.4 Å². The Hall–Kier alpha value is -2.41. The number of carbonyl (C=O) groups excluding carboxylic acids is 1. The molecule has 1 amide bonds. The standard InChI is InChI=1S/C22H25FN2O3S/c1-14(21-12-15-5-6-16(21)11-15)24-22(26)17-3-2-4-20(13-17)29(27,28)25-19-9-7-18(23)8-10-19/h2-4,7-10,13-16,21,25H,5-6,11-12H2,1H3,(H,24,26). The number of amides is 1. The van der Waals surface area contributed by atoms with Crippen molar-refractivity contribution in [1.82, 2.24) is 5.32 Å². The highest BCUT2D eigenvalue weighted by molar-refractivity contribution is 7.92. The van der Waals surface area contributed by atoms with Crippen LogP contribution >= 0.6 is 0 Å². The summed E-state index contributed by atoms with van der Waals surface area (Å²) in [4.78, 5) is 12.7. The lowest BCUT2D eigenvalue weighted by Crippen LogP contribution is -2.40. The molecule has 0 radical (unpaired) electrons. The van der Waals surface area contributed by atoms with Gasteiger partial charge < -0.3 is 5.32 Å². The van der Waals surface area contributed by atoms with Crippen LogP contribution in [0, 0.1) is 23.6 Å². The lowest BCUT2D eigenvalue weighted by molar-refractivity contribution is 0.0915. The van der Waals surface area contributed by atoms with Crippen molar-refractivity contribution in [2.45, 2.75) is 43.5 Å². The molecule has 2 bridgehead atoms. The van der Waals surface area contributed by atoms with Crippen LogP contribution in [0.25, 0.3) is 0 Å². The molecule has 2 aliphatic rings. The van der Waals surface area contributed by atoms with Gasteiger partial charge in [0.2, 0.25) is 0 Å². The number of sulfonamides is 1. The largest absolute Gasteiger partial charge is 0.349 e. The van der Waals surface area contributed by atoms with Gasteiger partial charge in [-0.05, 0) is 86.4 Å². The fourth-order valence-corrected chi connectivity index (χ4v) is 5.94. The van der Waals surface area contributed by atoms with E-state index < -0.39 is 15.8 Å². The van der Waals surface area contributed by atoms with Gasteiger partial charge in [0.15, 0.2) is 0 Å². The average molecular weight is 417 g/mol. The van der Waals surface area contributed by atoms with Gasteiger partial charge in [-0.25, -0.2) is 12.8 Å². The molecule has 0 spiro atoms. The van der Waals surface area contributed by atoms with Gasteiger partial charge in [-0.1, -0.05) is 12.5 Å². The molecule has 4 atom stereocenters. The first-order valence-electron chi connectivity index (χ1n) is 10.0. The summed E-state index contributed by atoms with van der Waals surface area (Å²) < 4.78 is 40.7. The van der Waals surface area contributed by atoms with Crippen molar-refractivity contribution in [3.63, 3.8) is 0 Å². The van der Waals surface area contributed by atoms with Crippen LogP contribution in [-0.4, -0.2) is 20.4 Å². The summed E-state index contributed by atoms with van der Waals surface area (Å²) in [5, 5.41) is 3.06. The van der Waals surface area contributed by atoms with Gasteiger partial charge in [0.1, 0.15) is 5.82 Å². The molecule has 2 fully saturated rings. The number of rotatable bonds is 6. The number of fused-ring (bicyclic) bond motifs is 2. The van der Waals surface area contributed by atoms with Crippen LogP contribution in [-0.2, 0) is 10.0 Å². The summed E-state index contributed by atoms with van der Waals surface area (Å²) in [6.07, 6.45) is 5.00. The van der Waals surface area contributed by atoms with Crippen molar-refractivity contribution >= 4 is 21.6 Å². The normalized spacial score (nSPS) is 24.3. The number of nitrogens with one attached hydrogen (secondary N) is 2. The minimum absolute atomic E-state index is 0.0120. The van der Waals surface area contributed by atoms with Gasteiger partial charge in [0.05, 0.1) is 4.90 Å². The van der Waals surface area contributed by atoms with Crippen LogP contribution in [0.15, 0.2) is 53.4 Å². The molecule has 29 heavy (non-hydrogen) atoms. The summed E-state index contributed by atoms with van der Waals surface area (Å²) in [6, 6.07) is 11.1. The van der Waals surface area contributed by atoms with E-state index >= 15 is 0 Å². The topological polar surface area (TPSA) is 75.3 Å². The number of anilines is 1. The Labute approximate surface area is 170 Å². The Morgan fingerprint density at radius 3 is 2.52 bits per heavy atom. The van der Waals surface area contributed by atoms with E-state index in [1.165, 1.54) is 62.1 Å². The van der Waals surface area contributed by atoms with Gasteiger partial charge in [-0.3, -0.25) is 9.52 Å². The highest BCUT2D eigenvalue weighted by Gasteiger charge is 2.42. The molecule has 2 aromatic rings. The van der Waals surface area contributed by atoms with Crippen molar-refractivity contribution in [2.75, 3.05) is 4.72 Å². The van der Waals surface area contributed by atoms with Crippen LogP contribution < -0.4 is 10.0 Å². The Balaban J connectivity index is 1.46. The van der Waals surface area contributed by atoms with E-state index in [9.17, 15) is 17.6 Å². The van der Waals surface area contributed by atoms with Crippen molar-refractivity contribution in [2.24, 2.45) is 17.8 Å². The van der Waals surface area contributed by atoms with E-state index in [0.717, 1.165) is 5.92 Å². The molecular weight excluding hydrogens is 391 g/mol.